The summed E-state index contributed by atoms with van der Waals surface area (Å²) >= 11 is 0. The van der Waals surface area contributed by atoms with E-state index in [9.17, 15) is 9.18 Å². The van der Waals surface area contributed by atoms with Gasteiger partial charge in [-0.1, -0.05) is 10.3 Å². The zero-order chi connectivity index (χ0) is 16.2. The molecule has 2 heterocycles. The summed E-state index contributed by atoms with van der Waals surface area (Å²) < 4.78 is 22.9. The van der Waals surface area contributed by atoms with E-state index in [1.54, 1.807) is 19.1 Å². The fourth-order valence-electron chi connectivity index (χ4n) is 1.95. The number of aryl methyl sites for hydroxylation is 1. The van der Waals surface area contributed by atoms with Crippen LogP contribution < -0.4 is 5.32 Å². The van der Waals surface area contributed by atoms with Crippen LogP contribution in [0, 0.1) is 12.7 Å². The second-order valence-corrected chi connectivity index (χ2v) is 4.82. The number of carbonyl (C=O) groups excluding carboxylic acids is 1. The number of halogens is 1. The lowest BCUT2D eigenvalue weighted by atomic mass is 10.1. The second-order valence-electron chi connectivity index (χ2n) is 4.82. The number of carbonyl (C=O) groups is 1. The lowest BCUT2D eigenvalue weighted by molar-refractivity contribution is 0.0944. The molecule has 0 unspecified atom stereocenters. The largest absolute Gasteiger partial charge is 0.355 e. The predicted molar refractivity (Wildman–Crippen MR) is 77.0 cm³/mol. The third-order valence-electron chi connectivity index (χ3n) is 3.07. The molecule has 1 aromatic carbocycles. The molecule has 0 aliphatic heterocycles. The molecule has 8 heteroatoms. The number of hydrogen-bond acceptors (Lipinski definition) is 6. The maximum absolute atomic E-state index is 12.9. The first-order valence-electron chi connectivity index (χ1n) is 6.92. The summed E-state index contributed by atoms with van der Waals surface area (Å²) in [5.41, 5.74) is 0.783. The highest BCUT2D eigenvalue weighted by Crippen LogP contribution is 2.20. The Morgan fingerprint density at radius 1 is 1.22 bits per heavy atom. The van der Waals surface area contributed by atoms with Crippen LogP contribution in [0.2, 0.25) is 0 Å². The van der Waals surface area contributed by atoms with Crippen LogP contribution in [0.5, 0.6) is 0 Å². The van der Waals surface area contributed by atoms with Gasteiger partial charge in [0.05, 0.1) is 0 Å². The minimum atomic E-state index is -0.377. The number of rotatable bonds is 5. The molecule has 3 aromatic rings. The summed E-state index contributed by atoms with van der Waals surface area (Å²) in [6.07, 6.45) is 0.426. The lowest BCUT2D eigenvalue weighted by Gasteiger charge is -1.99. The third kappa shape index (κ3) is 3.60. The Labute approximate surface area is 130 Å². The molecule has 1 N–H and O–H groups in total. The van der Waals surface area contributed by atoms with E-state index < -0.39 is 0 Å². The van der Waals surface area contributed by atoms with Gasteiger partial charge in [0, 0.05) is 24.6 Å². The van der Waals surface area contributed by atoms with Crippen molar-refractivity contribution < 1.29 is 18.2 Å². The van der Waals surface area contributed by atoms with Gasteiger partial charge in [0.2, 0.25) is 5.89 Å². The normalized spacial score (nSPS) is 10.7. The Hall–Kier alpha value is -3.03. The minimum Gasteiger partial charge on any atom is -0.355 e. The van der Waals surface area contributed by atoms with Crippen LogP contribution in [0.3, 0.4) is 0 Å². The summed E-state index contributed by atoms with van der Waals surface area (Å²) in [7, 11) is 0. The number of amides is 1. The van der Waals surface area contributed by atoms with Crippen molar-refractivity contribution in [2.75, 3.05) is 6.54 Å². The fraction of sp³-hybridized carbons (Fsp3) is 0.200. The van der Waals surface area contributed by atoms with Crippen molar-refractivity contribution in [2.45, 2.75) is 13.3 Å². The zero-order valence-corrected chi connectivity index (χ0v) is 12.2. The fourth-order valence-corrected chi connectivity index (χ4v) is 1.95. The van der Waals surface area contributed by atoms with Crippen LogP contribution in [0.25, 0.3) is 11.3 Å². The van der Waals surface area contributed by atoms with Crippen LogP contribution in [0.4, 0.5) is 4.39 Å². The topological polar surface area (TPSA) is 94.1 Å². The Morgan fingerprint density at radius 3 is 2.70 bits per heavy atom. The summed E-state index contributed by atoms with van der Waals surface area (Å²) in [5.74, 6) is 0.672. The average Bonchev–Trinajstić information content (AvgIpc) is 3.17. The molecule has 7 nitrogen and oxygen atoms in total. The molecular weight excluding hydrogens is 303 g/mol. The molecule has 1 amide bonds. The zero-order valence-electron chi connectivity index (χ0n) is 12.2. The van der Waals surface area contributed by atoms with E-state index in [0.29, 0.717) is 36.0 Å². The highest BCUT2D eigenvalue weighted by molar-refractivity contribution is 5.93. The van der Waals surface area contributed by atoms with Crippen LogP contribution >= 0.6 is 0 Å². The maximum atomic E-state index is 12.9. The van der Waals surface area contributed by atoms with Gasteiger partial charge in [-0.25, -0.2) is 4.39 Å². The molecular formula is C15H13FN4O3. The second kappa shape index (κ2) is 6.39. The number of hydrogen-bond donors (Lipinski definition) is 1. The monoisotopic (exact) mass is 316 g/mol. The first-order chi connectivity index (χ1) is 11.1. The molecule has 0 aliphatic carbocycles. The van der Waals surface area contributed by atoms with Gasteiger partial charge < -0.3 is 14.4 Å². The Kier molecular flexibility index (Phi) is 4.13. The Balaban J connectivity index is 1.58. The van der Waals surface area contributed by atoms with Crippen molar-refractivity contribution >= 4 is 5.91 Å². The summed E-state index contributed by atoms with van der Waals surface area (Å²) in [6, 6.07) is 7.22. The molecule has 0 atom stereocenters. The van der Waals surface area contributed by atoms with Crippen LogP contribution in [-0.4, -0.2) is 27.7 Å². The molecule has 0 saturated carbocycles. The van der Waals surface area contributed by atoms with E-state index in [-0.39, 0.29) is 17.4 Å². The highest BCUT2D eigenvalue weighted by atomic mass is 19.1. The Morgan fingerprint density at radius 2 is 2.00 bits per heavy atom. The molecule has 3 rings (SSSR count). The van der Waals surface area contributed by atoms with Crippen LogP contribution in [0.1, 0.15) is 22.2 Å². The number of nitrogens with zero attached hydrogens (tertiary/aromatic N) is 3. The van der Waals surface area contributed by atoms with E-state index >= 15 is 0 Å². The first kappa shape index (κ1) is 14.9. The smallest absolute Gasteiger partial charge is 0.273 e. The van der Waals surface area contributed by atoms with Crippen molar-refractivity contribution in [3.05, 3.63) is 53.6 Å². The van der Waals surface area contributed by atoms with Gasteiger partial charge in [0.15, 0.2) is 17.3 Å². The first-order valence-corrected chi connectivity index (χ1v) is 6.92. The van der Waals surface area contributed by atoms with Gasteiger partial charge >= 0.3 is 0 Å². The molecule has 0 aliphatic rings. The molecule has 0 fully saturated rings. The average molecular weight is 316 g/mol. The van der Waals surface area contributed by atoms with E-state index in [0.717, 1.165) is 0 Å². The number of nitrogens with one attached hydrogen (secondary N) is 1. The van der Waals surface area contributed by atoms with Crippen molar-refractivity contribution in [1.82, 2.24) is 20.6 Å². The van der Waals surface area contributed by atoms with E-state index in [2.05, 4.69) is 20.6 Å². The number of aromatic nitrogens is 3. The van der Waals surface area contributed by atoms with Crippen molar-refractivity contribution in [1.29, 1.82) is 0 Å². The summed E-state index contributed by atoms with van der Waals surface area (Å²) in [4.78, 5) is 16.0. The Bertz CT molecular complexity index is 810. The van der Waals surface area contributed by atoms with Gasteiger partial charge in [-0.2, -0.15) is 4.98 Å². The maximum Gasteiger partial charge on any atom is 0.273 e. The standard InChI is InChI=1S/C15H13FN4O3/c1-9-18-14(23-19-9)6-7-17-15(21)12-8-13(22-20-12)10-2-4-11(16)5-3-10/h2-5,8H,6-7H2,1H3,(H,17,21). The summed E-state index contributed by atoms with van der Waals surface area (Å²) in [5, 5.41) is 10.1. The van der Waals surface area contributed by atoms with Crippen LogP contribution in [0.15, 0.2) is 39.4 Å². The van der Waals surface area contributed by atoms with Crippen molar-refractivity contribution in [3.63, 3.8) is 0 Å². The number of benzene rings is 1. The van der Waals surface area contributed by atoms with Crippen LogP contribution in [-0.2, 0) is 6.42 Å². The predicted octanol–water partition coefficient (Wildman–Crippen LogP) is 2.14. The van der Waals surface area contributed by atoms with E-state index in [1.807, 2.05) is 0 Å². The lowest BCUT2D eigenvalue weighted by Crippen LogP contribution is -2.26. The van der Waals surface area contributed by atoms with Crippen molar-refractivity contribution in [3.8, 4) is 11.3 Å². The van der Waals surface area contributed by atoms with Gasteiger partial charge in [-0.3, -0.25) is 4.79 Å². The minimum absolute atomic E-state index is 0.144. The molecule has 23 heavy (non-hydrogen) atoms. The van der Waals surface area contributed by atoms with Gasteiger partial charge in [-0.15, -0.1) is 0 Å². The van der Waals surface area contributed by atoms with E-state index in [4.69, 9.17) is 9.05 Å². The highest BCUT2D eigenvalue weighted by Gasteiger charge is 2.14. The molecule has 0 bridgehead atoms. The van der Waals surface area contributed by atoms with Gasteiger partial charge in [-0.05, 0) is 31.2 Å². The third-order valence-corrected chi connectivity index (χ3v) is 3.07. The van der Waals surface area contributed by atoms with Gasteiger partial charge in [0.25, 0.3) is 5.91 Å². The van der Waals surface area contributed by atoms with Crippen molar-refractivity contribution in [2.24, 2.45) is 0 Å². The SMILES string of the molecule is Cc1noc(CCNC(=O)c2cc(-c3ccc(F)cc3)on2)n1. The molecule has 118 valence electrons. The summed E-state index contributed by atoms with van der Waals surface area (Å²) in [6.45, 7) is 2.05. The van der Waals surface area contributed by atoms with Gasteiger partial charge in [0.1, 0.15) is 5.82 Å². The molecule has 2 aromatic heterocycles. The molecule has 0 saturated heterocycles. The quantitative estimate of drug-likeness (QED) is 0.775. The molecule has 0 spiro atoms. The van der Waals surface area contributed by atoms with E-state index in [1.165, 1.54) is 18.2 Å². The molecule has 0 radical (unpaired) electrons.